The van der Waals surface area contributed by atoms with Gasteiger partial charge in [-0.3, -0.25) is 14.8 Å². The summed E-state index contributed by atoms with van der Waals surface area (Å²) in [7, 11) is 0. The van der Waals surface area contributed by atoms with Crippen LogP contribution in [0.4, 0.5) is 0 Å². The highest BCUT2D eigenvalue weighted by atomic mass is 16.2. The minimum absolute atomic E-state index is 0.0248. The summed E-state index contributed by atoms with van der Waals surface area (Å²) < 4.78 is 2.00. The monoisotopic (exact) mass is 302 g/mol. The van der Waals surface area contributed by atoms with Gasteiger partial charge in [0.05, 0.1) is 11.7 Å². The lowest BCUT2D eigenvalue weighted by molar-refractivity contribution is -0.133. The van der Waals surface area contributed by atoms with Gasteiger partial charge in [-0.15, -0.1) is 0 Å². The molecule has 1 spiro atoms. The second kappa shape index (κ2) is 5.37. The average Bonchev–Trinajstić information content (AvgIpc) is 2.93. The average molecular weight is 302 g/mol. The fraction of sp³-hybridized carbons (Fsp3) is 0.765. The van der Waals surface area contributed by atoms with E-state index in [1.807, 2.05) is 10.9 Å². The molecular formula is C17H26N4O. The Morgan fingerprint density at radius 3 is 2.82 bits per heavy atom. The molecule has 2 heterocycles. The van der Waals surface area contributed by atoms with E-state index in [0.717, 1.165) is 56.7 Å². The van der Waals surface area contributed by atoms with Crippen LogP contribution in [0.2, 0.25) is 0 Å². The van der Waals surface area contributed by atoms with Gasteiger partial charge in [0.15, 0.2) is 0 Å². The zero-order valence-corrected chi connectivity index (χ0v) is 13.4. The van der Waals surface area contributed by atoms with Gasteiger partial charge in [0.1, 0.15) is 6.17 Å². The number of hydrogen-bond donors (Lipinski definition) is 1. The van der Waals surface area contributed by atoms with E-state index in [9.17, 15) is 4.79 Å². The molecule has 1 aromatic rings. The predicted octanol–water partition coefficient (Wildman–Crippen LogP) is 2.45. The van der Waals surface area contributed by atoms with Crippen molar-refractivity contribution in [3.8, 4) is 0 Å². The van der Waals surface area contributed by atoms with Crippen molar-refractivity contribution in [2.45, 2.75) is 70.1 Å². The molecule has 0 unspecified atom stereocenters. The summed E-state index contributed by atoms with van der Waals surface area (Å²) >= 11 is 0. The lowest BCUT2D eigenvalue weighted by Crippen LogP contribution is -2.44. The molecule has 0 radical (unpaired) electrons. The van der Waals surface area contributed by atoms with Gasteiger partial charge in [-0.05, 0) is 38.0 Å². The first-order valence-corrected chi connectivity index (χ1v) is 8.83. The van der Waals surface area contributed by atoms with Crippen molar-refractivity contribution in [1.29, 1.82) is 0 Å². The maximum Gasteiger partial charge on any atom is 0.244 e. The summed E-state index contributed by atoms with van der Waals surface area (Å²) in [5, 5.41) is 8.15. The number of carbonyl (C=O) groups excluding carboxylic acids is 1. The maximum atomic E-state index is 13.0. The Bertz CT molecular complexity index is 557. The second-order valence-electron chi connectivity index (χ2n) is 7.27. The molecule has 0 bridgehead atoms. The van der Waals surface area contributed by atoms with Crippen molar-refractivity contribution in [3.05, 3.63) is 18.0 Å². The Balaban J connectivity index is 1.60. The van der Waals surface area contributed by atoms with Crippen LogP contribution >= 0.6 is 0 Å². The molecule has 2 aliphatic carbocycles. The van der Waals surface area contributed by atoms with E-state index in [0.29, 0.717) is 5.91 Å². The van der Waals surface area contributed by atoms with Gasteiger partial charge in [-0.1, -0.05) is 19.8 Å². The van der Waals surface area contributed by atoms with Crippen LogP contribution in [-0.4, -0.2) is 32.7 Å². The van der Waals surface area contributed by atoms with Crippen LogP contribution in [0.5, 0.6) is 0 Å². The number of nitrogens with one attached hydrogen (secondary N) is 1. The van der Waals surface area contributed by atoms with Crippen LogP contribution in [0, 0.1) is 5.92 Å². The quantitative estimate of drug-likeness (QED) is 0.909. The summed E-state index contributed by atoms with van der Waals surface area (Å²) in [5.74, 6) is 1.06. The molecule has 22 heavy (non-hydrogen) atoms. The lowest BCUT2D eigenvalue weighted by atomic mass is 9.98. The molecule has 2 saturated carbocycles. The van der Waals surface area contributed by atoms with Crippen molar-refractivity contribution < 1.29 is 4.79 Å². The third-order valence-corrected chi connectivity index (χ3v) is 5.43. The Kier molecular flexibility index (Phi) is 3.48. The third kappa shape index (κ3) is 2.35. The Morgan fingerprint density at radius 2 is 2.14 bits per heavy atom. The van der Waals surface area contributed by atoms with Crippen LogP contribution in [0.15, 0.2) is 12.4 Å². The van der Waals surface area contributed by atoms with E-state index >= 15 is 0 Å². The van der Waals surface area contributed by atoms with Gasteiger partial charge in [0.2, 0.25) is 5.91 Å². The highest BCUT2D eigenvalue weighted by molar-refractivity contribution is 5.89. The molecule has 1 aromatic heterocycles. The third-order valence-electron chi connectivity index (χ3n) is 5.43. The number of nitrogens with zero attached hydrogens (tertiary/aromatic N) is 3. The summed E-state index contributed by atoms with van der Waals surface area (Å²) in [6.07, 6.45) is 12.0. The number of rotatable bonds is 5. The van der Waals surface area contributed by atoms with E-state index < -0.39 is 0 Å². The van der Waals surface area contributed by atoms with E-state index in [1.165, 1.54) is 12.8 Å². The van der Waals surface area contributed by atoms with Crippen LogP contribution in [0.25, 0.3) is 0 Å². The van der Waals surface area contributed by atoms with Crippen molar-refractivity contribution in [2.75, 3.05) is 6.54 Å². The van der Waals surface area contributed by atoms with Gasteiger partial charge in [0.25, 0.3) is 0 Å². The first kappa shape index (κ1) is 14.2. The van der Waals surface area contributed by atoms with Crippen molar-refractivity contribution in [1.82, 2.24) is 20.0 Å². The molecule has 1 N–H and O–H groups in total. The van der Waals surface area contributed by atoms with E-state index in [1.54, 1.807) is 0 Å². The molecular weight excluding hydrogens is 276 g/mol. The Labute approximate surface area is 132 Å². The topological polar surface area (TPSA) is 50.2 Å². The van der Waals surface area contributed by atoms with Gasteiger partial charge >= 0.3 is 0 Å². The Hall–Kier alpha value is -1.36. The van der Waals surface area contributed by atoms with Crippen molar-refractivity contribution >= 4 is 5.91 Å². The fourth-order valence-corrected chi connectivity index (χ4v) is 4.03. The number of hydrogen-bond acceptors (Lipinski definition) is 3. The molecule has 1 aliphatic heterocycles. The molecule has 5 heteroatoms. The normalized spacial score (nSPS) is 27.2. The largest absolute Gasteiger partial charge is 0.321 e. The predicted molar refractivity (Wildman–Crippen MR) is 84.0 cm³/mol. The zero-order valence-electron chi connectivity index (χ0n) is 13.4. The second-order valence-corrected chi connectivity index (χ2v) is 7.27. The SMILES string of the molecule is CCCn1cc([C@H]2NC3(CCCC3)C(=O)N2CC2CC2)cn1. The molecule has 120 valence electrons. The number of carbonyl (C=O) groups is 1. The fourth-order valence-electron chi connectivity index (χ4n) is 4.03. The molecule has 4 rings (SSSR count). The standard InChI is InChI=1S/C17H26N4O/c1-2-9-20-12-14(10-18-20)15-19-17(7-3-4-8-17)16(22)21(15)11-13-5-6-13/h10,12-13,15,19H,2-9,11H2,1H3/t15-/m0/s1. The molecule has 3 fully saturated rings. The van der Waals surface area contributed by atoms with E-state index in [2.05, 4.69) is 28.4 Å². The highest BCUT2D eigenvalue weighted by Crippen LogP contribution is 2.43. The van der Waals surface area contributed by atoms with Crippen LogP contribution in [0.3, 0.4) is 0 Å². The van der Waals surface area contributed by atoms with Crippen LogP contribution < -0.4 is 5.32 Å². The van der Waals surface area contributed by atoms with E-state index in [-0.39, 0.29) is 11.7 Å². The van der Waals surface area contributed by atoms with Crippen molar-refractivity contribution in [2.24, 2.45) is 5.92 Å². The first-order chi connectivity index (χ1) is 10.7. The maximum absolute atomic E-state index is 13.0. The van der Waals surface area contributed by atoms with Gasteiger partial charge < -0.3 is 4.90 Å². The molecule has 5 nitrogen and oxygen atoms in total. The van der Waals surface area contributed by atoms with Gasteiger partial charge in [0, 0.05) is 24.8 Å². The Morgan fingerprint density at radius 1 is 1.36 bits per heavy atom. The summed E-state index contributed by atoms with van der Waals surface area (Å²) in [6.45, 7) is 4.01. The molecule has 1 amide bonds. The number of aryl methyl sites for hydroxylation is 1. The molecule has 3 aliphatic rings. The number of amides is 1. The lowest BCUT2D eigenvalue weighted by Gasteiger charge is -2.23. The smallest absolute Gasteiger partial charge is 0.244 e. The molecule has 1 saturated heterocycles. The molecule has 0 aromatic carbocycles. The minimum Gasteiger partial charge on any atom is -0.321 e. The van der Waals surface area contributed by atoms with Gasteiger partial charge in [-0.25, -0.2) is 0 Å². The summed E-state index contributed by atoms with van der Waals surface area (Å²) in [5.41, 5.74) is 0.859. The molecule has 1 atom stereocenters. The van der Waals surface area contributed by atoms with E-state index in [4.69, 9.17) is 0 Å². The van der Waals surface area contributed by atoms with Crippen LogP contribution in [0.1, 0.15) is 63.6 Å². The van der Waals surface area contributed by atoms with Crippen LogP contribution in [-0.2, 0) is 11.3 Å². The minimum atomic E-state index is -0.285. The highest BCUT2D eigenvalue weighted by Gasteiger charge is 2.53. The summed E-state index contributed by atoms with van der Waals surface area (Å²) in [4.78, 5) is 15.2. The zero-order chi connectivity index (χ0) is 15.2. The van der Waals surface area contributed by atoms with Crippen molar-refractivity contribution in [3.63, 3.8) is 0 Å². The van der Waals surface area contributed by atoms with Gasteiger partial charge in [-0.2, -0.15) is 5.10 Å². The number of aromatic nitrogens is 2. The summed E-state index contributed by atoms with van der Waals surface area (Å²) in [6, 6.07) is 0. The first-order valence-electron chi connectivity index (χ1n) is 8.83.